The van der Waals surface area contributed by atoms with Crippen LogP contribution in [0.4, 0.5) is 0 Å². The summed E-state index contributed by atoms with van der Waals surface area (Å²) in [4.78, 5) is 0. The second-order valence-electron chi connectivity index (χ2n) is 2.77. The van der Waals surface area contributed by atoms with Crippen molar-refractivity contribution in [2.75, 3.05) is 27.6 Å². The fourth-order valence-electron chi connectivity index (χ4n) is 0.695. The van der Waals surface area contributed by atoms with Gasteiger partial charge in [0.25, 0.3) is 0 Å². The topological polar surface area (TPSA) is 42.5 Å². The molecule has 0 radical (unpaired) electrons. The molecule has 0 bridgehead atoms. The van der Waals surface area contributed by atoms with Gasteiger partial charge in [-0.05, 0) is 27.4 Å². The van der Waals surface area contributed by atoms with E-state index in [9.17, 15) is 0 Å². The van der Waals surface area contributed by atoms with Crippen LogP contribution in [0.2, 0.25) is 0 Å². The van der Waals surface area contributed by atoms with Gasteiger partial charge in [-0.25, -0.2) is 0 Å². The van der Waals surface area contributed by atoms with Crippen LogP contribution in [-0.4, -0.2) is 33.3 Å². The van der Waals surface area contributed by atoms with Crippen LogP contribution in [0.25, 0.3) is 0 Å². The smallest absolute Gasteiger partial charge is 0.168 e. The third-order valence-corrected chi connectivity index (χ3v) is 1.69. The first-order chi connectivity index (χ1) is 5.68. The van der Waals surface area contributed by atoms with Crippen LogP contribution in [0.1, 0.15) is 20.3 Å². The summed E-state index contributed by atoms with van der Waals surface area (Å²) in [6, 6.07) is 0. The number of nitrogens with one attached hydrogen (secondary N) is 2. The summed E-state index contributed by atoms with van der Waals surface area (Å²) >= 11 is 0. The van der Waals surface area contributed by atoms with Crippen LogP contribution in [0, 0.1) is 0 Å². The van der Waals surface area contributed by atoms with E-state index in [0.29, 0.717) is 13.5 Å². The Hall–Kier alpha value is -0.160. The molecular formula is C8H20N2O2. The molecule has 0 fully saturated rings. The van der Waals surface area contributed by atoms with Crippen LogP contribution in [0.3, 0.4) is 0 Å². The Morgan fingerprint density at radius 1 is 1.08 bits per heavy atom. The van der Waals surface area contributed by atoms with E-state index in [1.165, 1.54) is 0 Å². The molecule has 0 heterocycles. The number of hydrogen-bond acceptors (Lipinski definition) is 4. The van der Waals surface area contributed by atoms with Gasteiger partial charge in [0.15, 0.2) is 5.79 Å². The van der Waals surface area contributed by atoms with Crippen LogP contribution >= 0.6 is 0 Å². The Morgan fingerprint density at radius 2 is 1.50 bits per heavy atom. The maximum atomic E-state index is 5.46. The normalized spacial score (nSPS) is 12.0. The molecule has 0 aliphatic rings. The van der Waals surface area contributed by atoms with Gasteiger partial charge in [-0.15, -0.1) is 0 Å². The number of ether oxygens (including phenoxy) is 2. The number of rotatable bonds is 7. The summed E-state index contributed by atoms with van der Waals surface area (Å²) in [7, 11) is 3.68. The van der Waals surface area contributed by atoms with E-state index in [1.807, 2.05) is 27.9 Å². The lowest BCUT2D eigenvalue weighted by Crippen LogP contribution is -2.37. The van der Waals surface area contributed by atoms with E-state index in [0.717, 1.165) is 6.42 Å². The first kappa shape index (κ1) is 11.8. The monoisotopic (exact) mass is 176 g/mol. The van der Waals surface area contributed by atoms with Crippen LogP contribution in [0.5, 0.6) is 0 Å². The van der Waals surface area contributed by atoms with Crippen LogP contribution in [-0.2, 0) is 9.47 Å². The predicted octanol–water partition coefficient (Wildman–Crippen LogP) is 0.500. The van der Waals surface area contributed by atoms with Gasteiger partial charge in [-0.1, -0.05) is 6.92 Å². The molecule has 4 nitrogen and oxygen atoms in total. The zero-order chi connectivity index (χ0) is 9.45. The second kappa shape index (κ2) is 6.37. The lowest BCUT2D eigenvalue weighted by molar-refractivity contribution is -0.232. The van der Waals surface area contributed by atoms with Crippen LogP contribution < -0.4 is 10.6 Å². The molecule has 0 spiro atoms. The third kappa shape index (κ3) is 4.66. The molecule has 0 atom stereocenters. The SMILES string of the molecule is CCC(C)(OCNC)OCNC. The standard InChI is InChI=1S/C8H20N2O2/c1-5-8(2,11-6-9-3)12-7-10-4/h9-10H,5-7H2,1-4H3. The molecule has 4 heteroatoms. The minimum absolute atomic E-state index is 0.480. The minimum atomic E-state index is -0.480. The van der Waals surface area contributed by atoms with Crippen molar-refractivity contribution < 1.29 is 9.47 Å². The van der Waals surface area contributed by atoms with Gasteiger partial charge in [0.2, 0.25) is 0 Å². The van der Waals surface area contributed by atoms with Crippen molar-refractivity contribution in [2.24, 2.45) is 0 Å². The Morgan fingerprint density at radius 3 is 1.75 bits per heavy atom. The quantitative estimate of drug-likeness (QED) is 0.554. The molecule has 2 N–H and O–H groups in total. The van der Waals surface area contributed by atoms with E-state index in [4.69, 9.17) is 9.47 Å². The summed E-state index contributed by atoms with van der Waals surface area (Å²) < 4.78 is 10.9. The molecule has 0 unspecified atom stereocenters. The van der Waals surface area contributed by atoms with E-state index < -0.39 is 5.79 Å². The van der Waals surface area contributed by atoms with Crippen molar-refractivity contribution in [2.45, 2.75) is 26.1 Å². The van der Waals surface area contributed by atoms with Gasteiger partial charge in [-0.2, -0.15) is 0 Å². The third-order valence-electron chi connectivity index (χ3n) is 1.69. The molecule has 0 aliphatic carbocycles. The Balaban J connectivity index is 3.70. The summed E-state index contributed by atoms with van der Waals surface area (Å²) in [5, 5.41) is 5.82. The highest BCUT2D eigenvalue weighted by molar-refractivity contribution is 4.58. The summed E-state index contributed by atoms with van der Waals surface area (Å²) in [5.41, 5.74) is 0. The Kier molecular flexibility index (Phi) is 6.28. The predicted molar refractivity (Wildman–Crippen MR) is 48.7 cm³/mol. The molecule has 0 saturated carbocycles. The average molecular weight is 176 g/mol. The van der Waals surface area contributed by atoms with Gasteiger partial charge >= 0.3 is 0 Å². The molecule has 0 aromatic heterocycles. The van der Waals surface area contributed by atoms with Crippen molar-refractivity contribution in [3.05, 3.63) is 0 Å². The zero-order valence-electron chi connectivity index (χ0n) is 8.44. The molecule has 74 valence electrons. The second-order valence-corrected chi connectivity index (χ2v) is 2.77. The van der Waals surface area contributed by atoms with Gasteiger partial charge in [0.05, 0.1) is 13.5 Å². The van der Waals surface area contributed by atoms with Gasteiger partial charge in [0, 0.05) is 0 Å². The maximum absolute atomic E-state index is 5.46. The van der Waals surface area contributed by atoms with Crippen molar-refractivity contribution in [3.8, 4) is 0 Å². The average Bonchev–Trinajstić information content (AvgIpc) is 2.11. The summed E-state index contributed by atoms with van der Waals surface area (Å²) in [6.07, 6.45) is 0.830. The van der Waals surface area contributed by atoms with E-state index in [-0.39, 0.29) is 0 Å². The number of hydrogen-bond donors (Lipinski definition) is 2. The maximum Gasteiger partial charge on any atom is 0.168 e. The largest absolute Gasteiger partial charge is 0.335 e. The fraction of sp³-hybridized carbons (Fsp3) is 1.00. The minimum Gasteiger partial charge on any atom is -0.335 e. The molecule has 0 aromatic carbocycles. The lowest BCUT2D eigenvalue weighted by atomic mass is 10.2. The van der Waals surface area contributed by atoms with Gasteiger partial charge in [0.1, 0.15) is 0 Å². The van der Waals surface area contributed by atoms with Crippen molar-refractivity contribution in [1.29, 1.82) is 0 Å². The van der Waals surface area contributed by atoms with E-state index >= 15 is 0 Å². The molecule has 0 saturated heterocycles. The van der Waals surface area contributed by atoms with E-state index in [2.05, 4.69) is 10.6 Å². The van der Waals surface area contributed by atoms with Gasteiger partial charge < -0.3 is 9.47 Å². The molecule has 12 heavy (non-hydrogen) atoms. The first-order valence-corrected chi connectivity index (χ1v) is 4.25. The van der Waals surface area contributed by atoms with Crippen molar-refractivity contribution in [1.82, 2.24) is 10.6 Å². The Labute approximate surface area is 74.6 Å². The molecule has 0 amide bonds. The Bertz CT molecular complexity index is 101. The van der Waals surface area contributed by atoms with Gasteiger partial charge in [-0.3, -0.25) is 10.6 Å². The lowest BCUT2D eigenvalue weighted by Gasteiger charge is -2.28. The molecule has 0 rings (SSSR count). The van der Waals surface area contributed by atoms with Crippen molar-refractivity contribution >= 4 is 0 Å². The highest BCUT2D eigenvalue weighted by atomic mass is 16.7. The molecular weight excluding hydrogens is 156 g/mol. The summed E-state index contributed by atoms with van der Waals surface area (Å²) in [5.74, 6) is -0.480. The highest BCUT2D eigenvalue weighted by Crippen LogP contribution is 2.15. The first-order valence-electron chi connectivity index (χ1n) is 4.25. The highest BCUT2D eigenvalue weighted by Gasteiger charge is 2.22. The molecule has 0 aromatic rings. The van der Waals surface area contributed by atoms with Crippen LogP contribution in [0.15, 0.2) is 0 Å². The van der Waals surface area contributed by atoms with Crippen molar-refractivity contribution in [3.63, 3.8) is 0 Å². The molecule has 0 aliphatic heterocycles. The van der Waals surface area contributed by atoms with E-state index in [1.54, 1.807) is 0 Å². The summed E-state index contributed by atoms with van der Waals surface area (Å²) in [6.45, 7) is 4.98. The fourth-order valence-corrected chi connectivity index (χ4v) is 0.695. The zero-order valence-corrected chi connectivity index (χ0v) is 8.44.